The highest BCUT2D eigenvalue weighted by atomic mass is 19.2. The molecule has 5 aromatic rings. The number of nitrogens with zero attached hydrogens (tertiary/aromatic N) is 1. The molecule has 1 aliphatic rings. The topological polar surface area (TPSA) is 63.4 Å². The molecule has 6 rings (SSSR count). The van der Waals surface area contributed by atoms with Crippen molar-refractivity contribution >= 4 is 55.5 Å². The van der Waals surface area contributed by atoms with E-state index >= 15 is 0 Å². The summed E-state index contributed by atoms with van der Waals surface area (Å²) >= 11 is 0. The van der Waals surface area contributed by atoms with Crippen molar-refractivity contribution in [2.24, 2.45) is 0 Å². The van der Waals surface area contributed by atoms with Gasteiger partial charge in [-0.05, 0) is 46.0 Å². The van der Waals surface area contributed by atoms with Crippen LogP contribution in [0.1, 0.15) is 26.3 Å². The lowest BCUT2D eigenvalue weighted by atomic mass is 9.93. The molecular formula is C27H14F4N2O2. The highest BCUT2D eigenvalue weighted by molar-refractivity contribution is 6.38. The third-order valence-electron chi connectivity index (χ3n) is 6.62. The number of hydrogen-bond acceptors (Lipinski definition) is 3. The van der Waals surface area contributed by atoms with Crippen LogP contribution in [0, 0.1) is 30.2 Å². The van der Waals surface area contributed by atoms with Crippen LogP contribution in [0.25, 0.3) is 32.3 Å². The second-order valence-electron chi connectivity index (χ2n) is 8.43. The van der Waals surface area contributed by atoms with Gasteiger partial charge in [-0.3, -0.25) is 9.59 Å². The Morgan fingerprint density at radius 1 is 0.629 bits per heavy atom. The Labute approximate surface area is 195 Å². The molecular weight excluding hydrogens is 460 g/mol. The predicted molar refractivity (Wildman–Crippen MR) is 126 cm³/mol. The van der Waals surface area contributed by atoms with Crippen LogP contribution in [0.2, 0.25) is 0 Å². The van der Waals surface area contributed by atoms with Crippen LogP contribution in [-0.4, -0.2) is 11.8 Å². The highest BCUT2D eigenvalue weighted by Crippen LogP contribution is 2.40. The summed E-state index contributed by atoms with van der Waals surface area (Å²) in [5.41, 5.74) is 4.23. The third-order valence-corrected chi connectivity index (χ3v) is 6.62. The lowest BCUT2D eigenvalue weighted by molar-refractivity contribution is 0.0923. The molecule has 35 heavy (non-hydrogen) atoms. The van der Waals surface area contributed by atoms with Crippen molar-refractivity contribution in [1.82, 2.24) is 0 Å². The van der Waals surface area contributed by atoms with Gasteiger partial charge in [-0.25, -0.2) is 22.5 Å². The van der Waals surface area contributed by atoms with Gasteiger partial charge in [0.25, 0.3) is 11.8 Å². The zero-order chi connectivity index (χ0) is 24.8. The molecule has 2 amide bonds. The fourth-order valence-electron chi connectivity index (χ4n) is 4.88. The van der Waals surface area contributed by atoms with Gasteiger partial charge in [0.1, 0.15) is 5.69 Å². The second-order valence-corrected chi connectivity index (χ2v) is 8.43. The minimum absolute atomic E-state index is 0.0951. The maximum absolute atomic E-state index is 14.7. The number of halogens is 4. The fourth-order valence-corrected chi connectivity index (χ4v) is 4.88. The van der Waals surface area contributed by atoms with Gasteiger partial charge in [-0.15, -0.1) is 0 Å². The maximum atomic E-state index is 14.7. The summed E-state index contributed by atoms with van der Waals surface area (Å²) in [4.78, 5) is 26.5. The van der Waals surface area contributed by atoms with E-state index in [1.807, 2.05) is 24.3 Å². The fraction of sp³-hybridized carbons (Fsp3) is 0.0370. The van der Waals surface area contributed by atoms with Crippen molar-refractivity contribution in [3.05, 3.63) is 94.6 Å². The molecule has 0 fully saturated rings. The number of imide groups is 1. The number of benzene rings is 5. The Morgan fingerprint density at radius 3 is 1.80 bits per heavy atom. The first-order chi connectivity index (χ1) is 16.7. The molecule has 0 saturated heterocycles. The Morgan fingerprint density at radius 2 is 1.14 bits per heavy atom. The number of carbonyl (C=O) groups excluding carboxylic acids is 2. The van der Waals surface area contributed by atoms with E-state index in [-0.39, 0.29) is 16.0 Å². The average molecular weight is 474 g/mol. The smallest absolute Gasteiger partial charge is 0.266 e. The van der Waals surface area contributed by atoms with Crippen molar-refractivity contribution in [2.45, 2.75) is 6.92 Å². The van der Waals surface area contributed by atoms with Gasteiger partial charge in [-0.2, -0.15) is 0 Å². The highest BCUT2D eigenvalue weighted by Gasteiger charge is 2.42. The minimum atomic E-state index is -1.81. The molecule has 172 valence electrons. The van der Waals surface area contributed by atoms with Gasteiger partial charge in [-0.1, -0.05) is 42.5 Å². The number of fused-ring (bicyclic) bond motifs is 7. The number of carbonyl (C=O) groups is 2. The zero-order valence-electron chi connectivity index (χ0n) is 18.0. The standard InChI is InChI=1S/C27H14F4N2O2/c1-11-21(28)23(30)25(24(31)22(11)29)33-26(34)18-10-7-15-14-5-8-16-12(3-2-4-19(16)32)13(14)6-9-17(15)20(18)27(33)35/h2-10H,32H2,1H3. The summed E-state index contributed by atoms with van der Waals surface area (Å²) < 4.78 is 57.8. The molecule has 4 nitrogen and oxygen atoms in total. The molecule has 0 atom stereocenters. The van der Waals surface area contributed by atoms with Crippen LogP contribution in [0.4, 0.5) is 28.9 Å². The molecule has 5 aromatic carbocycles. The SMILES string of the molecule is Cc1c(F)c(F)c(N2C(=O)c3ccc4c(ccc5c6cccc(N)c6ccc45)c3C2=O)c(F)c1F. The van der Waals surface area contributed by atoms with E-state index in [9.17, 15) is 27.2 Å². The van der Waals surface area contributed by atoms with Crippen molar-refractivity contribution in [3.63, 3.8) is 0 Å². The first-order valence-corrected chi connectivity index (χ1v) is 10.6. The molecule has 0 radical (unpaired) electrons. The lowest BCUT2D eigenvalue weighted by Gasteiger charge is -2.17. The predicted octanol–water partition coefficient (Wildman–Crippen LogP) is 6.39. The normalized spacial score (nSPS) is 13.5. The van der Waals surface area contributed by atoms with E-state index in [1.165, 1.54) is 6.07 Å². The van der Waals surface area contributed by atoms with E-state index in [4.69, 9.17) is 5.73 Å². The van der Waals surface area contributed by atoms with E-state index in [2.05, 4.69) is 0 Å². The molecule has 0 bridgehead atoms. The van der Waals surface area contributed by atoms with Gasteiger partial charge < -0.3 is 5.73 Å². The summed E-state index contributed by atoms with van der Waals surface area (Å²) in [6.45, 7) is 0.860. The zero-order valence-corrected chi connectivity index (χ0v) is 18.0. The Bertz CT molecular complexity index is 1780. The number of amides is 2. The van der Waals surface area contributed by atoms with Crippen LogP contribution in [0.3, 0.4) is 0 Å². The molecule has 0 unspecified atom stereocenters. The van der Waals surface area contributed by atoms with Gasteiger partial charge in [0, 0.05) is 16.6 Å². The van der Waals surface area contributed by atoms with Crippen LogP contribution in [0.15, 0.2) is 54.6 Å². The number of rotatable bonds is 1. The number of anilines is 2. The summed E-state index contributed by atoms with van der Waals surface area (Å²) in [5.74, 6) is -9.10. The van der Waals surface area contributed by atoms with Crippen LogP contribution >= 0.6 is 0 Å². The van der Waals surface area contributed by atoms with Gasteiger partial charge in [0.2, 0.25) is 0 Å². The molecule has 1 heterocycles. The second kappa shape index (κ2) is 7.02. The number of nitrogens with two attached hydrogens (primary N) is 1. The van der Waals surface area contributed by atoms with Crippen LogP contribution in [-0.2, 0) is 0 Å². The van der Waals surface area contributed by atoms with Crippen molar-refractivity contribution in [1.29, 1.82) is 0 Å². The van der Waals surface area contributed by atoms with E-state index in [1.54, 1.807) is 24.3 Å². The van der Waals surface area contributed by atoms with Crippen LogP contribution in [0.5, 0.6) is 0 Å². The number of nitrogen functional groups attached to an aromatic ring is 1. The lowest BCUT2D eigenvalue weighted by Crippen LogP contribution is -2.32. The Balaban J connectivity index is 1.62. The molecule has 8 heteroatoms. The van der Waals surface area contributed by atoms with E-state index < -0.39 is 46.3 Å². The molecule has 2 N–H and O–H groups in total. The van der Waals surface area contributed by atoms with Crippen molar-refractivity contribution in [2.75, 3.05) is 10.6 Å². The van der Waals surface area contributed by atoms with Crippen LogP contribution < -0.4 is 10.6 Å². The first-order valence-electron chi connectivity index (χ1n) is 10.6. The summed E-state index contributed by atoms with van der Waals surface area (Å²) in [5, 5.41) is 4.36. The molecule has 0 spiro atoms. The van der Waals surface area contributed by atoms with Crippen molar-refractivity contribution < 1.29 is 27.2 Å². The Kier molecular flexibility index (Phi) is 4.23. The van der Waals surface area contributed by atoms with Gasteiger partial charge in [0.05, 0.1) is 11.1 Å². The van der Waals surface area contributed by atoms with Gasteiger partial charge >= 0.3 is 0 Å². The average Bonchev–Trinajstić information content (AvgIpc) is 3.11. The largest absolute Gasteiger partial charge is 0.398 e. The molecule has 0 aliphatic carbocycles. The molecule has 1 aliphatic heterocycles. The Hall–Kier alpha value is -4.46. The third kappa shape index (κ3) is 2.62. The van der Waals surface area contributed by atoms with E-state index in [0.29, 0.717) is 16.5 Å². The van der Waals surface area contributed by atoms with Crippen molar-refractivity contribution in [3.8, 4) is 0 Å². The maximum Gasteiger partial charge on any atom is 0.266 e. The molecule has 0 saturated carbocycles. The molecule has 0 aromatic heterocycles. The van der Waals surface area contributed by atoms with E-state index in [0.717, 1.165) is 28.5 Å². The summed E-state index contributed by atoms with van der Waals surface area (Å²) in [6.07, 6.45) is 0. The minimum Gasteiger partial charge on any atom is -0.398 e. The number of hydrogen-bond donors (Lipinski definition) is 1. The van der Waals surface area contributed by atoms with Gasteiger partial charge in [0.15, 0.2) is 23.3 Å². The summed E-state index contributed by atoms with van der Waals surface area (Å²) in [6, 6.07) is 15.6. The summed E-state index contributed by atoms with van der Waals surface area (Å²) in [7, 11) is 0. The monoisotopic (exact) mass is 474 g/mol. The quantitative estimate of drug-likeness (QED) is 0.101. The first kappa shape index (κ1) is 21.1.